The first-order valence-electron chi connectivity index (χ1n) is 8.45. The van der Waals surface area contributed by atoms with Gasteiger partial charge < -0.3 is 10.6 Å². The van der Waals surface area contributed by atoms with Crippen LogP contribution in [0, 0.1) is 5.92 Å². The van der Waals surface area contributed by atoms with Crippen molar-refractivity contribution in [3.8, 4) is 0 Å². The summed E-state index contributed by atoms with van der Waals surface area (Å²) in [5, 5.41) is 5.56. The van der Waals surface area contributed by atoms with E-state index in [9.17, 15) is 9.59 Å². The van der Waals surface area contributed by atoms with Crippen LogP contribution in [-0.2, 0) is 0 Å². The lowest BCUT2D eigenvalue weighted by molar-refractivity contribution is 0.0949. The van der Waals surface area contributed by atoms with E-state index in [1.54, 1.807) is 19.3 Å². The maximum atomic E-state index is 12.5. The lowest BCUT2D eigenvalue weighted by atomic mass is 10.00. The van der Waals surface area contributed by atoms with Crippen LogP contribution in [0.25, 0.3) is 0 Å². The Labute approximate surface area is 147 Å². The van der Waals surface area contributed by atoms with Gasteiger partial charge >= 0.3 is 0 Å². The zero-order valence-electron chi connectivity index (χ0n) is 14.6. The average Bonchev–Trinajstić information content (AvgIpc) is 3.35. The Bertz CT molecular complexity index is 791. The number of hydrogen-bond acceptors (Lipinski definition) is 4. The Morgan fingerprint density at radius 1 is 1.20 bits per heavy atom. The van der Waals surface area contributed by atoms with Gasteiger partial charge in [0.15, 0.2) is 0 Å². The van der Waals surface area contributed by atoms with Gasteiger partial charge in [0, 0.05) is 36.5 Å². The number of pyridine rings is 2. The fourth-order valence-corrected chi connectivity index (χ4v) is 2.71. The first-order valence-corrected chi connectivity index (χ1v) is 8.45. The molecule has 3 atom stereocenters. The van der Waals surface area contributed by atoms with Crippen LogP contribution in [0.3, 0.4) is 0 Å². The Kier molecular flexibility index (Phi) is 4.79. The molecule has 6 nitrogen and oxygen atoms in total. The largest absolute Gasteiger partial charge is 0.354 e. The molecular weight excluding hydrogens is 316 g/mol. The van der Waals surface area contributed by atoms with Gasteiger partial charge in [-0.15, -0.1) is 0 Å². The van der Waals surface area contributed by atoms with Crippen molar-refractivity contribution in [1.82, 2.24) is 20.6 Å². The highest BCUT2D eigenvalue weighted by molar-refractivity contribution is 5.98. The lowest BCUT2D eigenvalue weighted by Crippen LogP contribution is -2.28. The van der Waals surface area contributed by atoms with Crippen molar-refractivity contribution in [2.75, 3.05) is 7.05 Å². The number of nitrogens with one attached hydrogen (secondary N) is 2. The molecule has 1 unspecified atom stereocenters. The first-order chi connectivity index (χ1) is 12.0. The van der Waals surface area contributed by atoms with Gasteiger partial charge in [0.25, 0.3) is 11.8 Å². The average molecular weight is 338 g/mol. The van der Waals surface area contributed by atoms with E-state index in [1.807, 2.05) is 25.1 Å². The van der Waals surface area contributed by atoms with E-state index in [0.29, 0.717) is 17.2 Å². The minimum Gasteiger partial charge on any atom is -0.354 e. The van der Waals surface area contributed by atoms with Crippen LogP contribution in [0.4, 0.5) is 0 Å². The quantitative estimate of drug-likeness (QED) is 0.875. The van der Waals surface area contributed by atoms with Crippen molar-refractivity contribution in [3.63, 3.8) is 0 Å². The summed E-state index contributed by atoms with van der Waals surface area (Å²) in [6.45, 7) is 4.06. The summed E-state index contributed by atoms with van der Waals surface area (Å²) >= 11 is 0. The second kappa shape index (κ2) is 7.01. The van der Waals surface area contributed by atoms with E-state index in [0.717, 1.165) is 12.1 Å². The predicted molar refractivity (Wildman–Crippen MR) is 94.4 cm³/mol. The highest BCUT2D eigenvalue weighted by atomic mass is 16.2. The molecule has 2 N–H and O–H groups in total. The summed E-state index contributed by atoms with van der Waals surface area (Å²) < 4.78 is 0. The molecule has 2 amide bonds. The molecule has 6 heteroatoms. The minimum absolute atomic E-state index is 0.128. The van der Waals surface area contributed by atoms with Crippen molar-refractivity contribution >= 4 is 11.8 Å². The number of aromatic nitrogens is 2. The van der Waals surface area contributed by atoms with Gasteiger partial charge in [0.2, 0.25) is 0 Å². The Hall–Kier alpha value is -2.76. The molecule has 0 saturated heterocycles. The van der Waals surface area contributed by atoms with E-state index < -0.39 is 0 Å². The van der Waals surface area contributed by atoms with Crippen molar-refractivity contribution in [1.29, 1.82) is 0 Å². The summed E-state index contributed by atoms with van der Waals surface area (Å²) in [5.74, 6) is -0.103. The van der Waals surface area contributed by atoms with Crippen LogP contribution < -0.4 is 10.6 Å². The highest BCUT2D eigenvalue weighted by Gasteiger charge is 2.34. The summed E-state index contributed by atoms with van der Waals surface area (Å²) in [6.07, 6.45) is 2.72. The zero-order valence-corrected chi connectivity index (χ0v) is 14.6. The van der Waals surface area contributed by atoms with Gasteiger partial charge in [0.05, 0.1) is 5.69 Å². The number of amides is 2. The molecule has 1 aliphatic rings. The van der Waals surface area contributed by atoms with Crippen molar-refractivity contribution in [2.24, 2.45) is 5.92 Å². The standard InChI is InChI=1S/C19H22N4O2/c1-11-8-15(11)23-18(24)13-9-16(22-17(10-13)19(25)20-3)12(2)14-6-4-5-7-21-14/h4-7,9-12,15H,8H2,1-3H3,(H,20,25)(H,23,24)/t11-,12?,15-/m0/s1. The highest BCUT2D eigenvalue weighted by Crippen LogP contribution is 2.29. The Morgan fingerprint density at radius 2 is 1.96 bits per heavy atom. The second-order valence-electron chi connectivity index (χ2n) is 6.51. The molecule has 2 heterocycles. The monoisotopic (exact) mass is 338 g/mol. The van der Waals surface area contributed by atoms with Gasteiger partial charge in [-0.2, -0.15) is 0 Å². The fraction of sp³-hybridized carbons (Fsp3) is 0.368. The summed E-state index contributed by atoms with van der Waals surface area (Å²) in [6, 6.07) is 9.17. The van der Waals surface area contributed by atoms with Crippen LogP contribution in [0.15, 0.2) is 36.5 Å². The Morgan fingerprint density at radius 3 is 2.56 bits per heavy atom. The van der Waals surface area contributed by atoms with E-state index in [4.69, 9.17) is 0 Å². The molecule has 0 radical (unpaired) electrons. The summed E-state index contributed by atoms with van der Waals surface area (Å²) in [4.78, 5) is 33.4. The molecule has 2 aromatic heterocycles. The molecule has 2 aromatic rings. The van der Waals surface area contributed by atoms with E-state index in [-0.39, 0.29) is 29.5 Å². The van der Waals surface area contributed by atoms with Crippen LogP contribution in [0.1, 0.15) is 58.4 Å². The van der Waals surface area contributed by atoms with Crippen LogP contribution in [0.5, 0.6) is 0 Å². The number of carbonyl (C=O) groups excluding carboxylic acids is 2. The second-order valence-corrected chi connectivity index (χ2v) is 6.51. The number of rotatable bonds is 5. The molecule has 25 heavy (non-hydrogen) atoms. The third-order valence-electron chi connectivity index (χ3n) is 4.57. The molecule has 0 aromatic carbocycles. The molecule has 3 rings (SSSR count). The Balaban J connectivity index is 1.95. The number of carbonyl (C=O) groups is 2. The smallest absolute Gasteiger partial charge is 0.269 e. The van der Waals surface area contributed by atoms with E-state index in [1.165, 1.54) is 6.07 Å². The van der Waals surface area contributed by atoms with Crippen LogP contribution >= 0.6 is 0 Å². The number of nitrogens with zero attached hydrogens (tertiary/aromatic N) is 2. The molecule has 0 aliphatic heterocycles. The normalized spacial score (nSPS) is 19.8. The van der Waals surface area contributed by atoms with Crippen molar-refractivity contribution in [2.45, 2.75) is 32.2 Å². The maximum Gasteiger partial charge on any atom is 0.269 e. The molecular formula is C19H22N4O2. The zero-order chi connectivity index (χ0) is 18.0. The number of hydrogen-bond donors (Lipinski definition) is 2. The molecule has 0 spiro atoms. The maximum absolute atomic E-state index is 12.5. The van der Waals surface area contributed by atoms with E-state index in [2.05, 4.69) is 27.5 Å². The molecule has 1 saturated carbocycles. The van der Waals surface area contributed by atoms with Gasteiger partial charge in [0.1, 0.15) is 5.69 Å². The van der Waals surface area contributed by atoms with Gasteiger partial charge in [-0.3, -0.25) is 14.6 Å². The molecule has 130 valence electrons. The molecule has 0 bridgehead atoms. The molecule has 1 fully saturated rings. The topological polar surface area (TPSA) is 84.0 Å². The SMILES string of the molecule is CNC(=O)c1cc(C(=O)N[C@H]2C[C@@H]2C)cc(C(C)c2ccccn2)n1. The van der Waals surface area contributed by atoms with Crippen molar-refractivity contribution < 1.29 is 9.59 Å². The molecule has 1 aliphatic carbocycles. The third-order valence-corrected chi connectivity index (χ3v) is 4.57. The van der Waals surface area contributed by atoms with Gasteiger partial charge in [-0.1, -0.05) is 19.9 Å². The first kappa shape index (κ1) is 17.1. The van der Waals surface area contributed by atoms with Crippen LogP contribution in [-0.4, -0.2) is 34.9 Å². The van der Waals surface area contributed by atoms with E-state index >= 15 is 0 Å². The fourth-order valence-electron chi connectivity index (χ4n) is 2.71. The summed E-state index contributed by atoms with van der Waals surface area (Å²) in [7, 11) is 1.55. The summed E-state index contributed by atoms with van der Waals surface area (Å²) in [5.41, 5.74) is 2.17. The predicted octanol–water partition coefficient (Wildman–Crippen LogP) is 2.13. The van der Waals surface area contributed by atoms with Gasteiger partial charge in [-0.05, 0) is 36.6 Å². The minimum atomic E-state index is -0.316. The van der Waals surface area contributed by atoms with Crippen LogP contribution in [0.2, 0.25) is 0 Å². The lowest BCUT2D eigenvalue weighted by Gasteiger charge is -2.14. The third kappa shape index (κ3) is 3.84. The van der Waals surface area contributed by atoms with Gasteiger partial charge in [-0.25, -0.2) is 4.98 Å². The van der Waals surface area contributed by atoms with Crippen molar-refractivity contribution in [3.05, 3.63) is 59.2 Å².